The monoisotopic (exact) mass is 222 g/mol. The van der Waals surface area contributed by atoms with Gasteiger partial charge >= 0.3 is 0 Å². The second-order valence-corrected chi connectivity index (χ2v) is 5.55. The molecule has 1 aromatic carbocycles. The summed E-state index contributed by atoms with van der Waals surface area (Å²) in [4.78, 5) is 1.32. The van der Waals surface area contributed by atoms with Gasteiger partial charge in [-0.05, 0) is 31.4 Å². The maximum absolute atomic E-state index is 9.90. The van der Waals surface area contributed by atoms with Crippen LogP contribution in [0.1, 0.15) is 31.2 Å². The van der Waals surface area contributed by atoms with E-state index in [1.807, 2.05) is 11.8 Å². The Labute approximate surface area is 95.9 Å². The smallest absolute Gasteiger partial charge is 0.0662 e. The minimum atomic E-state index is -0.108. The number of hydrogen-bond donors (Lipinski definition) is 1. The van der Waals surface area contributed by atoms with Gasteiger partial charge in [0.05, 0.1) is 6.10 Å². The molecule has 2 rings (SSSR count). The van der Waals surface area contributed by atoms with Gasteiger partial charge in [0.1, 0.15) is 0 Å². The highest BCUT2D eigenvalue weighted by molar-refractivity contribution is 8.00. The molecule has 15 heavy (non-hydrogen) atoms. The normalized spacial score (nSPS) is 26.5. The molecule has 0 heterocycles. The average Bonchev–Trinajstić information content (AvgIpc) is 2.24. The summed E-state index contributed by atoms with van der Waals surface area (Å²) in [6, 6.07) is 8.43. The van der Waals surface area contributed by atoms with E-state index in [4.69, 9.17) is 0 Å². The predicted octanol–water partition coefficient (Wildman–Crippen LogP) is 3.39. The first kappa shape index (κ1) is 11.0. The summed E-state index contributed by atoms with van der Waals surface area (Å²) in [5, 5.41) is 10.3. The Kier molecular flexibility index (Phi) is 3.71. The second-order valence-electron chi connectivity index (χ2n) is 4.27. The Bertz CT molecular complexity index is 324. The highest BCUT2D eigenvalue weighted by atomic mass is 32.2. The van der Waals surface area contributed by atoms with Crippen molar-refractivity contribution in [1.82, 2.24) is 0 Å². The molecule has 1 saturated carbocycles. The second kappa shape index (κ2) is 5.04. The summed E-state index contributed by atoms with van der Waals surface area (Å²) < 4.78 is 0. The standard InChI is InChI=1S/C13H18OS/c1-10-6-2-4-8-12(10)15-13-9-5-3-7-11(13)14/h2,4,6,8,11,13-14H,3,5,7,9H2,1H3/t11-,13-/m1/s1. The van der Waals surface area contributed by atoms with Gasteiger partial charge < -0.3 is 5.11 Å². The van der Waals surface area contributed by atoms with Crippen LogP contribution >= 0.6 is 11.8 Å². The molecule has 0 aromatic heterocycles. The topological polar surface area (TPSA) is 20.2 Å². The summed E-state index contributed by atoms with van der Waals surface area (Å²) in [6.07, 6.45) is 4.47. The summed E-state index contributed by atoms with van der Waals surface area (Å²) in [5.41, 5.74) is 1.32. The third kappa shape index (κ3) is 2.76. The Hall–Kier alpha value is -0.470. The zero-order valence-corrected chi connectivity index (χ0v) is 9.96. The summed E-state index contributed by atoms with van der Waals surface area (Å²) in [7, 11) is 0. The minimum absolute atomic E-state index is 0.108. The molecule has 0 radical (unpaired) electrons. The van der Waals surface area contributed by atoms with Crippen LogP contribution in [0.2, 0.25) is 0 Å². The average molecular weight is 222 g/mol. The van der Waals surface area contributed by atoms with Crippen LogP contribution in [0.4, 0.5) is 0 Å². The lowest BCUT2D eigenvalue weighted by Gasteiger charge is -2.27. The van der Waals surface area contributed by atoms with Gasteiger partial charge in [0.2, 0.25) is 0 Å². The lowest BCUT2D eigenvalue weighted by molar-refractivity contribution is 0.137. The van der Waals surface area contributed by atoms with Crippen LogP contribution in [-0.2, 0) is 0 Å². The van der Waals surface area contributed by atoms with E-state index in [2.05, 4.69) is 31.2 Å². The van der Waals surface area contributed by atoms with E-state index in [9.17, 15) is 5.11 Å². The molecule has 0 saturated heterocycles. The van der Waals surface area contributed by atoms with Gasteiger partial charge in [-0.15, -0.1) is 11.8 Å². The lowest BCUT2D eigenvalue weighted by Crippen LogP contribution is -2.26. The van der Waals surface area contributed by atoms with E-state index in [1.165, 1.54) is 23.3 Å². The number of aliphatic hydroxyl groups excluding tert-OH is 1. The van der Waals surface area contributed by atoms with E-state index in [-0.39, 0.29) is 6.10 Å². The highest BCUT2D eigenvalue weighted by Crippen LogP contribution is 2.35. The van der Waals surface area contributed by atoms with E-state index < -0.39 is 0 Å². The SMILES string of the molecule is Cc1ccccc1S[C@@H]1CCCC[C@H]1O. The maximum atomic E-state index is 9.90. The Balaban J connectivity index is 2.04. The van der Waals surface area contributed by atoms with Gasteiger partial charge in [-0.25, -0.2) is 0 Å². The van der Waals surface area contributed by atoms with Crippen LogP contribution in [0.25, 0.3) is 0 Å². The van der Waals surface area contributed by atoms with Gasteiger partial charge in [-0.3, -0.25) is 0 Å². The zero-order valence-electron chi connectivity index (χ0n) is 9.15. The van der Waals surface area contributed by atoms with Crippen molar-refractivity contribution in [3.05, 3.63) is 29.8 Å². The molecule has 82 valence electrons. The van der Waals surface area contributed by atoms with E-state index in [0.29, 0.717) is 5.25 Å². The van der Waals surface area contributed by atoms with Gasteiger partial charge in [-0.2, -0.15) is 0 Å². The molecular formula is C13H18OS. The molecule has 0 aliphatic heterocycles. The third-order valence-electron chi connectivity index (χ3n) is 3.04. The number of hydrogen-bond acceptors (Lipinski definition) is 2. The van der Waals surface area contributed by atoms with Crippen LogP contribution in [0, 0.1) is 6.92 Å². The number of aryl methyl sites for hydroxylation is 1. The van der Waals surface area contributed by atoms with Crippen molar-refractivity contribution in [2.75, 3.05) is 0 Å². The highest BCUT2D eigenvalue weighted by Gasteiger charge is 2.24. The summed E-state index contributed by atoms with van der Waals surface area (Å²) >= 11 is 1.85. The van der Waals surface area contributed by atoms with Crippen LogP contribution in [-0.4, -0.2) is 16.5 Å². The first-order chi connectivity index (χ1) is 7.27. The van der Waals surface area contributed by atoms with Crippen molar-refractivity contribution >= 4 is 11.8 Å². The van der Waals surface area contributed by atoms with E-state index in [0.717, 1.165) is 12.8 Å². The molecule has 1 fully saturated rings. The Morgan fingerprint density at radius 3 is 2.67 bits per heavy atom. The lowest BCUT2D eigenvalue weighted by atomic mass is 9.97. The molecular weight excluding hydrogens is 204 g/mol. The zero-order chi connectivity index (χ0) is 10.7. The van der Waals surface area contributed by atoms with Crippen molar-refractivity contribution in [1.29, 1.82) is 0 Å². The van der Waals surface area contributed by atoms with Gasteiger partial charge in [0.15, 0.2) is 0 Å². The Morgan fingerprint density at radius 1 is 1.20 bits per heavy atom. The number of rotatable bonds is 2. The number of benzene rings is 1. The van der Waals surface area contributed by atoms with Crippen LogP contribution in [0.3, 0.4) is 0 Å². The molecule has 0 bridgehead atoms. The van der Waals surface area contributed by atoms with Crippen molar-refractivity contribution < 1.29 is 5.11 Å². The minimum Gasteiger partial charge on any atom is -0.392 e. The third-order valence-corrected chi connectivity index (χ3v) is 4.60. The van der Waals surface area contributed by atoms with Crippen molar-refractivity contribution in [3.8, 4) is 0 Å². The molecule has 0 spiro atoms. The molecule has 2 atom stereocenters. The van der Waals surface area contributed by atoms with Crippen molar-refractivity contribution in [2.24, 2.45) is 0 Å². The fourth-order valence-corrected chi connectivity index (χ4v) is 3.38. The van der Waals surface area contributed by atoms with Crippen LogP contribution in [0.5, 0.6) is 0 Å². The molecule has 1 nitrogen and oxygen atoms in total. The quantitative estimate of drug-likeness (QED) is 0.827. The van der Waals surface area contributed by atoms with E-state index in [1.54, 1.807) is 0 Å². The first-order valence-corrected chi connectivity index (χ1v) is 6.55. The number of aliphatic hydroxyl groups is 1. The predicted molar refractivity (Wildman–Crippen MR) is 65.3 cm³/mol. The summed E-state index contributed by atoms with van der Waals surface area (Å²) in [5.74, 6) is 0. The summed E-state index contributed by atoms with van der Waals surface area (Å²) in [6.45, 7) is 2.14. The van der Waals surface area contributed by atoms with Crippen LogP contribution < -0.4 is 0 Å². The van der Waals surface area contributed by atoms with Crippen LogP contribution in [0.15, 0.2) is 29.2 Å². The fraction of sp³-hybridized carbons (Fsp3) is 0.538. The van der Waals surface area contributed by atoms with Crippen molar-refractivity contribution in [2.45, 2.75) is 48.9 Å². The molecule has 0 unspecified atom stereocenters. The van der Waals surface area contributed by atoms with Gasteiger partial charge in [0.25, 0.3) is 0 Å². The van der Waals surface area contributed by atoms with Gasteiger partial charge in [0, 0.05) is 10.1 Å². The van der Waals surface area contributed by atoms with Gasteiger partial charge in [-0.1, -0.05) is 31.0 Å². The molecule has 0 amide bonds. The largest absolute Gasteiger partial charge is 0.392 e. The molecule has 1 aliphatic rings. The first-order valence-electron chi connectivity index (χ1n) is 5.68. The van der Waals surface area contributed by atoms with Crippen molar-refractivity contribution in [3.63, 3.8) is 0 Å². The molecule has 1 aromatic rings. The number of thioether (sulfide) groups is 1. The Morgan fingerprint density at radius 2 is 1.93 bits per heavy atom. The molecule has 1 N–H and O–H groups in total. The molecule has 1 aliphatic carbocycles. The maximum Gasteiger partial charge on any atom is 0.0662 e. The van der Waals surface area contributed by atoms with E-state index >= 15 is 0 Å². The fourth-order valence-electron chi connectivity index (χ4n) is 2.07. The molecule has 2 heteroatoms.